The topological polar surface area (TPSA) is 79.3 Å². The first kappa shape index (κ1) is 21.0. The van der Waals surface area contributed by atoms with Crippen molar-refractivity contribution in [3.05, 3.63) is 83.9 Å². The third-order valence-corrected chi connectivity index (χ3v) is 6.04. The summed E-state index contributed by atoms with van der Waals surface area (Å²) in [7, 11) is 0. The van der Waals surface area contributed by atoms with Gasteiger partial charge >= 0.3 is 0 Å². The van der Waals surface area contributed by atoms with Gasteiger partial charge in [0.05, 0.1) is 24.0 Å². The van der Waals surface area contributed by atoms with E-state index in [0.717, 1.165) is 11.3 Å². The van der Waals surface area contributed by atoms with Crippen LogP contribution in [0.15, 0.2) is 72.8 Å². The van der Waals surface area contributed by atoms with E-state index in [1.165, 1.54) is 11.0 Å². The number of hydroxylamine groups is 1. The molecule has 5 rings (SSSR count). The summed E-state index contributed by atoms with van der Waals surface area (Å²) in [5.41, 5.74) is 3.00. The van der Waals surface area contributed by atoms with Crippen LogP contribution in [0.4, 0.5) is 11.4 Å². The number of benzene rings is 3. The second-order valence-corrected chi connectivity index (χ2v) is 8.17. The minimum Gasteiger partial charge on any atom is -0.504 e. The maximum absolute atomic E-state index is 13.6. The highest BCUT2D eigenvalue weighted by Crippen LogP contribution is 2.48. The summed E-state index contributed by atoms with van der Waals surface area (Å²) in [6.45, 7) is 4.16. The summed E-state index contributed by atoms with van der Waals surface area (Å²) >= 11 is 0. The van der Waals surface area contributed by atoms with Crippen LogP contribution in [0.5, 0.6) is 11.5 Å². The molecule has 2 aliphatic heterocycles. The third kappa shape index (κ3) is 3.50. The van der Waals surface area contributed by atoms with Gasteiger partial charge in [0.15, 0.2) is 17.6 Å². The van der Waals surface area contributed by atoms with Gasteiger partial charge in [0, 0.05) is 0 Å². The molecule has 0 bridgehead atoms. The molecule has 2 heterocycles. The summed E-state index contributed by atoms with van der Waals surface area (Å²) in [5, 5.41) is 11.8. The number of nitrogens with zero attached hydrogens (tertiary/aromatic N) is 2. The average molecular weight is 444 g/mol. The predicted molar refractivity (Wildman–Crippen MR) is 123 cm³/mol. The van der Waals surface area contributed by atoms with Crippen molar-refractivity contribution >= 4 is 23.2 Å². The number of carbonyl (C=O) groups excluding carboxylic acids is 2. The van der Waals surface area contributed by atoms with Crippen LogP contribution in [0.2, 0.25) is 0 Å². The quantitative estimate of drug-likeness (QED) is 0.596. The first-order valence-corrected chi connectivity index (χ1v) is 10.9. The molecule has 0 spiro atoms. The van der Waals surface area contributed by atoms with Crippen molar-refractivity contribution in [3.8, 4) is 11.5 Å². The lowest BCUT2D eigenvalue weighted by Crippen LogP contribution is -2.37. The Morgan fingerprint density at radius 3 is 2.36 bits per heavy atom. The highest BCUT2D eigenvalue weighted by molar-refractivity contribution is 6.23. The van der Waals surface area contributed by atoms with Gasteiger partial charge in [-0.2, -0.15) is 0 Å². The van der Waals surface area contributed by atoms with Crippen LogP contribution in [-0.4, -0.2) is 29.6 Å². The van der Waals surface area contributed by atoms with Gasteiger partial charge in [-0.3, -0.25) is 14.4 Å². The zero-order valence-electron chi connectivity index (χ0n) is 18.3. The van der Waals surface area contributed by atoms with Gasteiger partial charge in [-0.05, 0) is 55.8 Å². The SMILES string of the molecule is CCOc1cc([C@H]2[C@@H]3C(=O)N(c4ccc(C)cc4)C(=O)[C@H]3ON2c2ccccc2)ccc1O. The lowest BCUT2D eigenvalue weighted by Gasteiger charge is -2.29. The normalized spacial score (nSPS) is 22.1. The van der Waals surface area contributed by atoms with Crippen molar-refractivity contribution in [2.75, 3.05) is 16.6 Å². The van der Waals surface area contributed by atoms with Crippen molar-refractivity contribution in [2.45, 2.75) is 26.0 Å². The Morgan fingerprint density at radius 2 is 1.67 bits per heavy atom. The molecule has 0 radical (unpaired) electrons. The molecule has 2 saturated heterocycles. The average Bonchev–Trinajstić information content (AvgIpc) is 3.33. The molecule has 2 aliphatic rings. The molecule has 3 atom stereocenters. The van der Waals surface area contributed by atoms with Crippen molar-refractivity contribution in [1.82, 2.24) is 0 Å². The lowest BCUT2D eigenvalue weighted by molar-refractivity contribution is -0.126. The van der Waals surface area contributed by atoms with Gasteiger partial charge in [0.1, 0.15) is 5.92 Å². The third-order valence-electron chi connectivity index (χ3n) is 6.04. The maximum atomic E-state index is 13.6. The molecule has 2 fully saturated rings. The molecule has 0 unspecified atom stereocenters. The van der Waals surface area contributed by atoms with Gasteiger partial charge in [-0.15, -0.1) is 0 Å². The molecular formula is C26H24N2O5. The Bertz CT molecular complexity index is 1200. The molecule has 1 N–H and O–H groups in total. The number of hydrogen-bond donors (Lipinski definition) is 1. The van der Waals surface area contributed by atoms with Crippen molar-refractivity contribution in [3.63, 3.8) is 0 Å². The number of aromatic hydroxyl groups is 1. The highest BCUT2D eigenvalue weighted by atomic mass is 16.7. The number of fused-ring (bicyclic) bond motifs is 1. The van der Waals surface area contributed by atoms with Crippen LogP contribution in [0.1, 0.15) is 24.1 Å². The lowest BCUT2D eigenvalue weighted by atomic mass is 9.90. The summed E-state index contributed by atoms with van der Waals surface area (Å²) in [4.78, 5) is 34.3. The molecule has 7 heteroatoms. The van der Waals surface area contributed by atoms with Gasteiger partial charge in [0.2, 0.25) is 5.91 Å². The Balaban J connectivity index is 1.59. The molecule has 33 heavy (non-hydrogen) atoms. The molecule has 7 nitrogen and oxygen atoms in total. The number of rotatable bonds is 5. The monoisotopic (exact) mass is 444 g/mol. The Morgan fingerprint density at radius 1 is 0.939 bits per heavy atom. The fourth-order valence-corrected chi connectivity index (χ4v) is 4.49. The van der Waals surface area contributed by atoms with Crippen LogP contribution < -0.4 is 14.7 Å². The van der Waals surface area contributed by atoms with E-state index in [0.29, 0.717) is 23.6 Å². The van der Waals surface area contributed by atoms with Crippen molar-refractivity contribution in [1.29, 1.82) is 0 Å². The second kappa shape index (κ2) is 8.26. The second-order valence-electron chi connectivity index (χ2n) is 8.17. The van der Waals surface area contributed by atoms with Crippen LogP contribution >= 0.6 is 0 Å². The number of imide groups is 1. The first-order chi connectivity index (χ1) is 16.0. The zero-order chi connectivity index (χ0) is 23.1. The van der Waals surface area contributed by atoms with Crippen molar-refractivity contribution in [2.24, 2.45) is 5.92 Å². The number of hydrogen-bond acceptors (Lipinski definition) is 6. The minimum absolute atomic E-state index is 0.0115. The highest BCUT2D eigenvalue weighted by Gasteiger charge is 2.60. The molecule has 0 saturated carbocycles. The van der Waals surface area contributed by atoms with Gasteiger partial charge in [-0.1, -0.05) is 42.0 Å². The van der Waals surface area contributed by atoms with E-state index in [9.17, 15) is 14.7 Å². The zero-order valence-corrected chi connectivity index (χ0v) is 18.3. The summed E-state index contributed by atoms with van der Waals surface area (Å²) in [5.74, 6) is -1.13. The number of aryl methyl sites for hydroxylation is 1. The Hall–Kier alpha value is -3.84. The summed E-state index contributed by atoms with van der Waals surface area (Å²) in [6.07, 6.45) is -0.951. The number of anilines is 2. The van der Waals surface area contributed by atoms with E-state index in [1.807, 2.05) is 56.3 Å². The van der Waals surface area contributed by atoms with Crippen molar-refractivity contribution < 1.29 is 24.3 Å². The van der Waals surface area contributed by atoms with E-state index in [-0.39, 0.29) is 17.6 Å². The van der Waals surface area contributed by atoms with E-state index < -0.39 is 18.1 Å². The number of ether oxygens (including phenoxy) is 1. The number of phenolic OH excluding ortho intramolecular Hbond substituents is 1. The number of para-hydroxylation sites is 1. The summed E-state index contributed by atoms with van der Waals surface area (Å²) in [6, 6.07) is 21.0. The molecule has 168 valence electrons. The number of carbonyl (C=O) groups is 2. The number of amides is 2. The van der Waals surface area contributed by atoms with E-state index >= 15 is 0 Å². The standard InChI is InChI=1S/C26H24N2O5/c1-3-32-21-15-17(11-14-20(21)29)23-22-24(33-28(23)19-7-5-4-6-8-19)26(31)27(25(22)30)18-12-9-16(2)10-13-18/h4-15,22-24,29H,3H2,1-2H3/t22-,23-,24-/m0/s1. The fourth-order valence-electron chi connectivity index (χ4n) is 4.49. The van der Waals surface area contributed by atoms with Crippen LogP contribution in [-0.2, 0) is 14.4 Å². The smallest absolute Gasteiger partial charge is 0.266 e. The van der Waals surface area contributed by atoms with E-state index in [2.05, 4.69) is 0 Å². The van der Waals surface area contributed by atoms with E-state index in [1.54, 1.807) is 29.3 Å². The molecule has 2 amide bonds. The Kier molecular flexibility index (Phi) is 5.26. The predicted octanol–water partition coefficient (Wildman–Crippen LogP) is 4.15. The van der Waals surface area contributed by atoms with E-state index in [4.69, 9.17) is 9.57 Å². The summed E-state index contributed by atoms with van der Waals surface area (Å²) < 4.78 is 5.57. The van der Waals surface area contributed by atoms with Gasteiger partial charge < -0.3 is 9.84 Å². The minimum atomic E-state index is -0.951. The van der Waals surface area contributed by atoms with Gasteiger partial charge in [-0.25, -0.2) is 9.96 Å². The Labute approximate surface area is 191 Å². The first-order valence-electron chi connectivity index (χ1n) is 10.9. The molecule has 3 aromatic carbocycles. The molecule has 0 aliphatic carbocycles. The fraction of sp³-hybridized carbons (Fsp3) is 0.231. The molecule has 3 aromatic rings. The van der Waals surface area contributed by atoms with Crippen LogP contribution in [0.3, 0.4) is 0 Å². The molecule has 0 aromatic heterocycles. The maximum Gasteiger partial charge on any atom is 0.266 e. The molecular weight excluding hydrogens is 420 g/mol. The van der Waals surface area contributed by atoms with Crippen LogP contribution in [0.25, 0.3) is 0 Å². The van der Waals surface area contributed by atoms with Gasteiger partial charge in [0.25, 0.3) is 5.91 Å². The van der Waals surface area contributed by atoms with Crippen LogP contribution in [0, 0.1) is 12.8 Å². The largest absolute Gasteiger partial charge is 0.504 e. The number of phenols is 1.